The molecule has 3 rings (SSSR count). The van der Waals surface area contributed by atoms with Crippen molar-refractivity contribution in [2.45, 2.75) is 38.0 Å². The van der Waals surface area contributed by atoms with Crippen molar-refractivity contribution in [3.05, 3.63) is 29.3 Å². The molecule has 3 atom stereocenters. The lowest BCUT2D eigenvalue weighted by Crippen LogP contribution is -2.44. The third kappa shape index (κ3) is 2.93. The number of likely N-dealkylation sites (N-methyl/N-ethyl adjacent to an activating group) is 1. The van der Waals surface area contributed by atoms with Crippen molar-refractivity contribution >= 4 is 0 Å². The van der Waals surface area contributed by atoms with Gasteiger partial charge in [-0.15, -0.1) is 0 Å². The second kappa shape index (κ2) is 6.34. The minimum Gasteiger partial charge on any atom is -0.497 e. The average Bonchev–Trinajstić information content (AvgIpc) is 2.73. The van der Waals surface area contributed by atoms with Gasteiger partial charge in [0.05, 0.1) is 13.2 Å². The first-order valence-electron chi connectivity index (χ1n) is 7.92. The summed E-state index contributed by atoms with van der Waals surface area (Å²) in [5.41, 5.74) is 2.83. The average molecular weight is 290 g/mol. The molecule has 0 bridgehead atoms. The lowest BCUT2D eigenvalue weighted by atomic mass is 10.1. The summed E-state index contributed by atoms with van der Waals surface area (Å²) in [6.45, 7) is 5.21. The van der Waals surface area contributed by atoms with Gasteiger partial charge in [-0.05, 0) is 50.1 Å². The quantitative estimate of drug-likeness (QED) is 0.923. The first-order chi connectivity index (χ1) is 10.2. The Morgan fingerprint density at radius 1 is 1.38 bits per heavy atom. The van der Waals surface area contributed by atoms with E-state index >= 15 is 0 Å². The number of methoxy groups -OCH3 is 1. The highest BCUT2D eigenvalue weighted by Crippen LogP contribution is 2.37. The van der Waals surface area contributed by atoms with E-state index in [2.05, 4.69) is 42.4 Å². The molecular formula is C17H26N2O2. The Morgan fingerprint density at radius 2 is 2.24 bits per heavy atom. The lowest BCUT2D eigenvalue weighted by molar-refractivity contribution is 0.0579. The molecule has 0 amide bonds. The van der Waals surface area contributed by atoms with Gasteiger partial charge in [-0.1, -0.05) is 6.07 Å². The largest absolute Gasteiger partial charge is 0.497 e. The van der Waals surface area contributed by atoms with E-state index in [4.69, 9.17) is 9.47 Å². The molecule has 1 aliphatic heterocycles. The van der Waals surface area contributed by atoms with Gasteiger partial charge in [-0.2, -0.15) is 0 Å². The molecule has 0 spiro atoms. The Morgan fingerprint density at radius 3 is 3.00 bits per heavy atom. The van der Waals surface area contributed by atoms with Crippen LogP contribution in [0.1, 0.15) is 30.5 Å². The van der Waals surface area contributed by atoms with E-state index in [-0.39, 0.29) is 0 Å². The summed E-state index contributed by atoms with van der Waals surface area (Å²) in [5, 5.41) is 3.52. The molecule has 1 saturated heterocycles. The molecule has 1 heterocycles. The highest BCUT2D eigenvalue weighted by Gasteiger charge is 2.36. The van der Waals surface area contributed by atoms with Crippen molar-refractivity contribution in [2.24, 2.45) is 0 Å². The van der Waals surface area contributed by atoms with Gasteiger partial charge in [0.1, 0.15) is 5.75 Å². The third-order valence-electron chi connectivity index (χ3n) is 4.77. The van der Waals surface area contributed by atoms with Gasteiger partial charge >= 0.3 is 0 Å². The lowest BCUT2D eigenvalue weighted by Gasteiger charge is -2.33. The second-order valence-corrected chi connectivity index (χ2v) is 6.13. The minimum absolute atomic E-state index is 0.322. The summed E-state index contributed by atoms with van der Waals surface area (Å²) in [6.07, 6.45) is 2.55. The molecule has 4 nitrogen and oxygen atoms in total. The minimum atomic E-state index is 0.322. The fourth-order valence-corrected chi connectivity index (χ4v) is 3.74. The van der Waals surface area contributed by atoms with Gasteiger partial charge in [0, 0.05) is 31.8 Å². The van der Waals surface area contributed by atoms with Crippen molar-refractivity contribution < 1.29 is 9.47 Å². The standard InChI is InChI=1S/C17H26N2O2/c1-12-11-19(7-4-8-21-12)16-9-13-5-6-14(20-3)10-15(13)17(16)18-2/h5-6,10,12,16-18H,4,7-9,11H2,1-3H3. The van der Waals surface area contributed by atoms with Crippen LogP contribution in [0, 0.1) is 0 Å². The molecule has 0 aromatic heterocycles. The SMILES string of the molecule is CNC1c2cc(OC)ccc2CC1N1CCCOC(C)C1. The Labute approximate surface area is 127 Å². The Bertz CT molecular complexity index is 492. The van der Waals surface area contributed by atoms with E-state index in [1.54, 1.807) is 7.11 Å². The highest BCUT2D eigenvalue weighted by atomic mass is 16.5. The van der Waals surface area contributed by atoms with Crippen LogP contribution in [0.25, 0.3) is 0 Å². The zero-order valence-electron chi connectivity index (χ0n) is 13.3. The molecule has 21 heavy (non-hydrogen) atoms. The molecule has 1 aromatic carbocycles. The molecule has 0 saturated carbocycles. The Balaban J connectivity index is 1.84. The molecule has 1 N–H and O–H groups in total. The molecule has 4 heteroatoms. The first-order valence-corrected chi connectivity index (χ1v) is 7.92. The monoisotopic (exact) mass is 290 g/mol. The van der Waals surface area contributed by atoms with Gasteiger partial charge in [-0.25, -0.2) is 0 Å². The highest BCUT2D eigenvalue weighted by molar-refractivity contribution is 5.42. The topological polar surface area (TPSA) is 33.7 Å². The van der Waals surface area contributed by atoms with Crippen molar-refractivity contribution in [3.63, 3.8) is 0 Å². The van der Waals surface area contributed by atoms with Crippen LogP contribution in [0.4, 0.5) is 0 Å². The van der Waals surface area contributed by atoms with E-state index in [0.29, 0.717) is 18.2 Å². The Hall–Kier alpha value is -1.10. The molecule has 1 aromatic rings. The number of benzene rings is 1. The first kappa shape index (κ1) is 14.8. The summed E-state index contributed by atoms with van der Waals surface area (Å²) in [5.74, 6) is 0.946. The number of fused-ring (bicyclic) bond motifs is 1. The Kier molecular flexibility index (Phi) is 4.48. The number of nitrogens with one attached hydrogen (secondary N) is 1. The molecule has 116 valence electrons. The maximum atomic E-state index is 5.79. The molecular weight excluding hydrogens is 264 g/mol. The maximum absolute atomic E-state index is 5.79. The predicted octanol–water partition coefficient (Wildman–Crippen LogP) is 1.99. The van der Waals surface area contributed by atoms with Crippen LogP contribution in [0.3, 0.4) is 0 Å². The van der Waals surface area contributed by atoms with Crippen LogP contribution < -0.4 is 10.1 Å². The van der Waals surface area contributed by atoms with Gasteiger partial charge in [0.2, 0.25) is 0 Å². The zero-order chi connectivity index (χ0) is 14.8. The van der Waals surface area contributed by atoms with E-state index in [0.717, 1.165) is 38.3 Å². The van der Waals surface area contributed by atoms with Crippen LogP contribution in [0.15, 0.2) is 18.2 Å². The van der Waals surface area contributed by atoms with Crippen LogP contribution in [-0.2, 0) is 11.2 Å². The third-order valence-corrected chi connectivity index (χ3v) is 4.77. The van der Waals surface area contributed by atoms with E-state index in [1.807, 2.05) is 0 Å². The number of ether oxygens (including phenoxy) is 2. The molecule has 2 aliphatic rings. The summed E-state index contributed by atoms with van der Waals surface area (Å²) in [6, 6.07) is 7.37. The fraction of sp³-hybridized carbons (Fsp3) is 0.647. The van der Waals surface area contributed by atoms with Gasteiger partial charge in [0.25, 0.3) is 0 Å². The normalized spacial score (nSPS) is 30.0. The number of hydrogen-bond donors (Lipinski definition) is 1. The maximum Gasteiger partial charge on any atom is 0.119 e. The molecule has 3 unspecified atom stereocenters. The molecule has 1 aliphatic carbocycles. The van der Waals surface area contributed by atoms with Gasteiger partial charge in [0.15, 0.2) is 0 Å². The van der Waals surface area contributed by atoms with Crippen molar-refractivity contribution in [1.82, 2.24) is 10.2 Å². The summed E-state index contributed by atoms with van der Waals surface area (Å²) in [7, 11) is 3.79. The number of rotatable bonds is 3. The van der Waals surface area contributed by atoms with Crippen LogP contribution in [0.5, 0.6) is 5.75 Å². The van der Waals surface area contributed by atoms with Crippen molar-refractivity contribution in [1.29, 1.82) is 0 Å². The van der Waals surface area contributed by atoms with Gasteiger partial charge in [-0.3, -0.25) is 4.90 Å². The van der Waals surface area contributed by atoms with Crippen LogP contribution in [-0.4, -0.2) is 50.9 Å². The van der Waals surface area contributed by atoms with Crippen LogP contribution in [0.2, 0.25) is 0 Å². The summed E-state index contributed by atoms with van der Waals surface area (Å²) < 4.78 is 11.2. The van der Waals surface area contributed by atoms with E-state index in [1.165, 1.54) is 11.1 Å². The summed E-state index contributed by atoms with van der Waals surface area (Å²) in [4.78, 5) is 2.60. The molecule has 1 fully saturated rings. The number of hydrogen-bond acceptors (Lipinski definition) is 4. The van der Waals surface area contributed by atoms with Crippen molar-refractivity contribution in [2.75, 3.05) is 33.9 Å². The van der Waals surface area contributed by atoms with Crippen molar-refractivity contribution in [3.8, 4) is 5.75 Å². The molecule has 0 radical (unpaired) electrons. The van der Waals surface area contributed by atoms with Gasteiger partial charge < -0.3 is 14.8 Å². The smallest absolute Gasteiger partial charge is 0.119 e. The second-order valence-electron chi connectivity index (χ2n) is 6.13. The van der Waals surface area contributed by atoms with E-state index in [9.17, 15) is 0 Å². The predicted molar refractivity (Wildman–Crippen MR) is 83.9 cm³/mol. The fourth-order valence-electron chi connectivity index (χ4n) is 3.74. The van der Waals surface area contributed by atoms with E-state index < -0.39 is 0 Å². The zero-order valence-corrected chi connectivity index (χ0v) is 13.3. The number of nitrogens with zero attached hydrogens (tertiary/aromatic N) is 1. The van der Waals surface area contributed by atoms with Crippen LogP contribution >= 0.6 is 0 Å². The summed E-state index contributed by atoms with van der Waals surface area (Å²) >= 11 is 0.